The van der Waals surface area contributed by atoms with Gasteiger partial charge < -0.3 is 10.1 Å². The molecule has 1 saturated carbocycles. The van der Waals surface area contributed by atoms with E-state index in [-0.39, 0.29) is 11.2 Å². The summed E-state index contributed by atoms with van der Waals surface area (Å²) in [5.74, 6) is 0.884. The van der Waals surface area contributed by atoms with Crippen LogP contribution in [0.1, 0.15) is 52.9 Å². The second-order valence-electron chi connectivity index (χ2n) is 6.02. The van der Waals surface area contributed by atoms with Gasteiger partial charge in [0.1, 0.15) is 0 Å². The first-order valence-electron chi connectivity index (χ1n) is 6.46. The number of nitrogens with one attached hydrogen (secondary N) is 1. The summed E-state index contributed by atoms with van der Waals surface area (Å²) in [4.78, 5) is 0. The van der Waals surface area contributed by atoms with Gasteiger partial charge >= 0.3 is 0 Å². The normalized spacial score (nSPS) is 40.6. The fourth-order valence-electron chi connectivity index (χ4n) is 3.29. The largest absolute Gasteiger partial charge is 0.366 e. The molecule has 1 spiro atoms. The molecule has 1 N–H and O–H groups in total. The van der Waals surface area contributed by atoms with Crippen molar-refractivity contribution in [3.8, 4) is 0 Å². The van der Waals surface area contributed by atoms with E-state index in [1.165, 1.54) is 32.1 Å². The third-order valence-corrected chi connectivity index (χ3v) is 3.97. The van der Waals surface area contributed by atoms with Crippen LogP contribution < -0.4 is 5.32 Å². The fourth-order valence-corrected chi connectivity index (χ4v) is 3.29. The van der Waals surface area contributed by atoms with Crippen LogP contribution in [0.3, 0.4) is 0 Å². The van der Waals surface area contributed by atoms with Crippen LogP contribution >= 0.6 is 0 Å². The Morgan fingerprint density at radius 1 is 1.33 bits per heavy atom. The first kappa shape index (κ1) is 11.4. The molecule has 1 heterocycles. The number of hydrogen-bond donors (Lipinski definition) is 1. The summed E-state index contributed by atoms with van der Waals surface area (Å²) in [6.45, 7) is 8.77. The Balaban J connectivity index is 2.05. The van der Waals surface area contributed by atoms with Gasteiger partial charge in [0, 0.05) is 13.1 Å². The van der Waals surface area contributed by atoms with Gasteiger partial charge in [-0.05, 0) is 32.6 Å². The monoisotopic (exact) mass is 211 g/mol. The van der Waals surface area contributed by atoms with Crippen molar-refractivity contribution in [2.75, 3.05) is 13.1 Å². The van der Waals surface area contributed by atoms with Gasteiger partial charge in [0.05, 0.1) is 11.2 Å². The molecule has 0 radical (unpaired) electrons. The van der Waals surface area contributed by atoms with Crippen molar-refractivity contribution in [3.05, 3.63) is 0 Å². The zero-order valence-electron chi connectivity index (χ0n) is 10.4. The van der Waals surface area contributed by atoms with E-state index in [9.17, 15) is 0 Å². The maximum Gasteiger partial charge on any atom is 0.0816 e. The summed E-state index contributed by atoms with van der Waals surface area (Å²) in [7, 11) is 0. The van der Waals surface area contributed by atoms with E-state index in [0.29, 0.717) is 0 Å². The summed E-state index contributed by atoms with van der Waals surface area (Å²) >= 11 is 0. The van der Waals surface area contributed by atoms with Crippen LogP contribution in [0, 0.1) is 5.92 Å². The van der Waals surface area contributed by atoms with Crippen molar-refractivity contribution in [1.29, 1.82) is 0 Å². The molecule has 1 aliphatic carbocycles. The summed E-state index contributed by atoms with van der Waals surface area (Å²) in [6, 6.07) is 0. The minimum atomic E-state index is 0.0217. The smallest absolute Gasteiger partial charge is 0.0816 e. The van der Waals surface area contributed by atoms with E-state index in [0.717, 1.165) is 19.0 Å². The number of morpholine rings is 1. The lowest BCUT2D eigenvalue weighted by Crippen LogP contribution is -2.59. The minimum absolute atomic E-state index is 0.0217. The van der Waals surface area contributed by atoms with Gasteiger partial charge in [0.2, 0.25) is 0 Å². The molecule has 0 bridgehead atoms. The summed E-state index contributed by atoms with van der Waals surface area (Å²) in [6.07, 6.45) is 6.57. The maximum absolute atomic E-state index is 6.37. The molecule has 0 aromatic heterocycles. The van der Waals surface area contributed by atoms with E-state index in [2.05, 4.69) is 26.1 Å². The lowest BCUT2D eigenvalue weighted by atomic mass is 9.75. The highest BCUT2D eigenvalue weighted by molar-refractivity contribution is 4.96. The van der Waals surface area contributed by atoms with Crippen molar-refractivity contribution in [2.45, 2.75) is 64.1 Å². The SMILES string of the molecule is CCC1CCCC2(CNCC(C)(C)O2)C1. The van der Waals surface area contributed by atoms with Crippen LogP contribution in [-0.4, -0.2) is 24.3 Å². The molecule has 2 aliphatic rings. The summed E-state index contributed by atoms with van der Waals surface area (Å²) in [5.41, 5.74) is 0.175. The zero-order valence-corrected chi connectivity index (χ0v) is 10.4. The van der Waals surface area contributed by atoms with Gasteiger partial charge in [-0.15, -0.1) is 0 Å². The highest BCUT2D eigenvalue weighted by Crippen LogP contribution is 2.40. The van der Waals surface area contributed by atoms with Crippen LogP contribution in [0.4, 0.5) is 0 Å². The molecule has 2 heteroatoms. The molecular formula is C13H25NO. The zero-order chi connectivity index (χ0) is 10.9. The predicted octanol–water partition coefficient (Wildman–Crippen LogP) is 2.72. The Kier molecular flexibility index (Phi) is 3.09. The molecule has 0 aromatic carbocycles. The van der Waals surface area contributed by atoms with Gasteiger partial charge in [0.15, 0.2) is 0 Å². The molecular weight excluding hydrogens is 186 g/mol. The number of ether oxygens (including phenoxy) is 1. The predicted molar refractivity (Wildman–Crippen MR) is 63.0 cm³/mol. The summed E-state index contributed by atoms with van der Waals surface area (Å²) < 4.78 is 6.37. The van der Waals surface area contributed by atoms with E-state index in [4.69, 9.17) is 4.74 Å². The Hall–Kier alpha value is -0.0800. The molecule has 1 aliphatic heterocycles. The maximum atomic E-state index is 6.37. The highest BCUT2D eigenvalue weighted by Gasteiger charge is 2.43. The van der Waals surface area contributed by atoms with Crippen LogP contribution in [0.15, 0.2) is 0 Å². The van der Waals surface area contributed by atoms with Gasteiger partial charge in [-0.1, -0.05) is 26.2 Å². The van der Waals surface area contributed by atoms with Gasteiger partial charge in [-0.2, -0.15) is 0 Å². The Bertz CT molecular complexity index is 223. The molecule has 1 saturated heterocycles. The van der Waals surface area contributed by atoms with E-state index < -0.39 is 0 Å². The molecule has 88 valence electrons. The summed E-state index contributed by atoms with van der Waals surface area (Å²) in [5, 5.41) is 3.56. The lowest BCUT2D eigenvalue weighted by molar-refractivity contribution is -0.182. The first-order valence-corrected chi connectivity index (χ1v) is 6.46. The topological polar surface area (TPSA) is 21.3 Å². The van der Waals surface area contributed by atoms with Crippen molar-refractivity contribution < 1.29 is 4.74 Å². The minimum Gasteiger partial charge on any atom is -0.366 e. The average molecular weight is 211 g/mol. The van der Waals surface area contributed by atoms with Crippen LogP contribution in [-0.2, 0) is 4.74 Å². The van der Waals surface area contributed by atoms with Crippen molar-refractivity contribution in [3.63, 3.8) is 0 Å². The molecule has 2 fully saturated rings. The van der Waals surface area contributed by atoms with Crippen molar-refractivity contribution in [1.82, 2.24) is 5.32 Å². The molecule has 2 unspecified atom stereocenters. The molecule has 2 nitrogen and oxygen atoms in total. The molecule has 0 amide bonds. The Labute approximate surface area is 93.8 Å². The van der Waals surface area contributed by atoms with Crippen LogP contribution in [0.25, 0.3) is 0 Å². The first-order chi connectivity index (χ1) is 7.05. The lowest BCUT2D eigenvalue weighted by Gasteiger charge is -2.49. The Morgan fingerprint density at radius 3 is 2.80 bits per heavy atom. The molecule has 15 heavy (non-hydrogen) atoms. The fraction of sp³-hybridized carbons (Fsp3) is 1.00. The molecule has 2 atom stereocenters. The second-order valence-corrected chi connectivity index (χ2v) is 6.02. The number of rotatable bonds is 1. The second kappa shape index (κ2) is 4.06. The molecule has 0 aromatic rings. The molecule has 2 rings (SSSR count). The highest BCUT2D eigenvalue weighted by atomic mass is 16.5. The van der Waals surface area contributed by atoms with Crippen LogP contribution in [0.2, 0.25) is 0 Å². The third-order valence-electron chi connectivity index (χ3n) is 3.97. The van der Waals surface area contributed by atoms with E-state index in [1.807, 2.05) is 0 Å². The van der Waals surface area contributed by atoms with Crippen molar-refractivity contribution >= 4 is 0 Å². The van der Waals surface area contributed by atoms with Gasteiger partial charge in [-0.3, -0.25) is 0 Å². The third kappa shape index (κ3) is 2.54. The average Bonchev–Trinajstić information content (AvgIpc) is 2.15. The van der Waals surface area contributed by atoms with Crippen molar-refractivity contribution in [2.24, 2.45) is 5.92 Å². The van der Waals surface area contributed by atoms with E-state index >= 15 is 0 Å². The van der Waals surface area contributed by atoms with Gasteiger partial charge in [-0.25, -0.2) is 0 Å². The number of hydrogen-bond acceptors (Lipinski definition) is 2. The Morgan fingerprint density at radius 2 is 2.13 bits per heavy atom. The quantitative estimate of drug-likeness (QED) is 0.720. The van der Waals surface area contributed by atoms with Gasteiger partial charge in [0.25, 0.3) is 0 Å². The van der Waals surface area contributed by atoms with Crippen LogP contribution in [0.5, 0.6) is 0 Å². The standard InChI is InChI=1S/C13H25NO/c1-4-11-6-5-7-13(8-11)10-14-9-12(2,3)15-13/h11,14H,4-10H2,1-3H3. The van der Waals surface area contributed by atoms with E-state index in [1.54, 1.807) is 0 Å².